The van der Waals surface area contributed by atoms with Gasteiger partial charge in [-0.15, -0.1) is 0 Å². The van der Waals surface area contributed by atoms with Crippen molar-refractivity contribution in [3.63, 3.8) is 0 Å². The van der Waals surface area contributed by atoms with Crippen LogP contribution in [0.4, 0.5) is 0 Å². The van der Waals surface area contributed by atoms with E-state index in [1.54, 1.807) is 38.3 Å². The maximum atomic E-state index is 12.4. The van der Waals surface area contributed by atoms with Crippen LogP contribution < -0.4 is 10.3 Å². The number of carbonyl (C=O) groups excluding carboxylic acids is 1. The molecule has 0 saturated carbocycles. The van der Waals surface area contributed by atoms with Gasteiger partial charge in [-0.1, -0.05) is 12.1 Å². The second-order valence-electron chi connectivity index (χ2n) is 6.26. The molecule has 128 valence electrons. The third-order valence-corrected chi connectivity index (χ3v) is 4.65. The summed E-state index contributed by atoms with van der Waals surface area (Å²) in [6, 6.07) is 7.13. The molecule has 7 nitrogen and oxygen atoms in total. The van der Waals surface area contributed by atoms with Gasteiger partial charge < -0.3 is 19.7 Å². The summed E-state index contributed by atoms with van der Waals surface area (Å²) in [7, 11) is 2.82. The number of nitrogens with one attached hydrogen (secondary N) is 2. The van der Waals surface area contributed by atoms with Gasteiger partial charge in [0.05, 0.1) is 25.7 Å². The van der Waals surface area contributed by atoms with Crippen LogP contribution in [0, 0.1) is 5.92 Å². The number of aromatic amines is 2. The minimum atomic E-state index is -1.36. The minimum Gasteiger partial charge on any atom is -0.497 e. The highest BCUT2D eigenvalue weighted by Crippen LogP contribution is 2.44. The van der Waals surface area contributed by atoms with E-state index in [2.05, 4.69) is 10.2 Å². The number of aliphatic hydroxyl groups is 1. The van der Waals surface area contributed by atoms with Crippen LogP contribution in [-0.4, -0.2) is 41.1 Å². The largest absolute Gasteiger partial charge is 0.497 e. The summed E-state index contributed by atoms with van der Waals surface area (Å²) >= 11 is 0. The van der Waals surface area contributed by atoms with Crippen molar-refractivity contribution < 1.29 is 19.4 Å². The van der Waals surface area contributed by atoms with E-state index in [0.717, 1.165) is 0 Å². The quantitative estimate of drug-likeness (QED) is 0.726. The number of hydrogen-bond acceptors (Lipinski definition) is 5. The number of aromatic nitrogens is 2. The first-order valence-corrected chi connectivity index (χ1v) is 7.62. The molecule has 3 atom stereocenters. The predicted molar refractivity (Wildman–Crippen MR) is 86.1 cm³/mol. The number of H-pyrrole nitrogens is 2. The number of fused-ring (bicyclic) bond motifs is 1. The van der Waals surface area contributed by atoms with E-state index in [1.807, 2.05) is 0 Å². The van der Waals surface area contributed by atoms with Crippen LogP contribution in [0.1, 0.15) is 29.7 Å². The molecule has 7 heteroatoms. The summed E-state index contributed by atoms with van der Waals surface area (Å²) in [6.07, 6.45) is 0.154. The first kappa shape index (κ1) is 16.3. The molecule has 3 rings (SSSR count). The van der Waals surface area contributed by atoms with Crippen LogP contribution in [-0.2, 0) is 16.0 Å². The lowest BCUT2D eigenvalue weighted by molar-refractivity contribution is -0.156. The first-order valence-electron chi connectivity index (χ1n) is 7.62. The van der Waals surface area contributed by atoms with Crippen molar-refractivity contribution >= 4 is 5.97 Å². The van der Waals surface area contributed by atoms with Crippen LogP contribution in [0.5, 0.6) is 5.75 Å². The van der Waals surface area contributed by atoms with Crippen LogP contribution >= 0.6 is 0 Å². The van der Waals surface area contributed by atoms with Crippen molar-refractivity contribution in [1.82, 2.24) is 10.2 Å². The van der Waals surface area contributed by atoms with E-state index in [9.17, 15) is 14.7 Å². The molecule has 0 fully saturated rings. The molecule has 1 aromatic carbocycles. The number of hydrogen-bond donors (Lipinski definition) is 3. The van der Waals surface area contributed by atoms with Crippen molar-refractivity contribution in [3.05, 3.63) is 51.4 Å². The Balaban J connectivity index is 2.25. The Morgan fingerprint density at radius 2 is 2.08 bits per heavy atom. The van der Waals surface area contributed by atoms with E-state index < -0.39 is 23.4 Å². The lowest BCUT2D eigenvalue weighted by Crippen LogP contribution is -2.49. The highest BCUT2D eigenvalue weighted by molar-refractivity contribution is 5.77. The Kier molecular flexibility index (Phi) is 3.96. The number of rotatable bonds is 3. The van der Waals surface area contributed by atoms with Crippen molar-refractivity contribution in [1.29, 1.82) is 0 Å². The molecule has 3 unspecified atom stereocenters. The summed E-state index contributed by atoms with van der Waals surface area (Å²) in [5, 5.41) is 16.2. The fourth-order valence-electron chi connectivity index (χ4n) is 3.58. The van der Waals surface area contributed by atoms with Gasteiger partial charge in [-0.05, 0) is 24.6 Å². The van der Waals surface area contributed by atoms with E-state index in [0.29, 0.717) is 22.6 Å². The molecule has 0 aliphatic heterocycles. The Morgan fingerprint density at radius 3 is 2.75 bits per heavy atom. The lowest BCUT2D eigenvalue weighted by Gasteiger charge is -2.40. The van der Waals surface area contributed by atoms with Gasteiger partial charge in [-0.2, -0.15) is 0 Å². The van der Waals surface area contributed by atoms with Crippen LogP contribution in [0.3, 0.4) is 0 Å². The minimum absolute atomic E-state index is 0.154. The van der Waals surface area contributed by atoms with Gasteiger partial charge in [0.25, 0.3) is 5.56 Å². The number of carbonyl (C=O) groups is 1. The average Bonchev–Trinajstić information content (AvgIpc) is 2.92. The van der Waals surface area contributed by atoms with Gasteiger partial charge in [0.15, 0.2) is 0 Å². The predicted octanol–water partition coefficient (Wildman–Crippen LogP) is 0.940. The second-order valence-corrected chi connectivity index (χ2v) is 6.26. The number of benzene rings is 1. The second kappa shape index (κ2) is 5.83. The van der Waals surface area contributed by atoms with Gasteiger partial charge in [0, 0.05) is 23.6 Å². The molecule has 0 spiro atoms. The van der Waals surface area contributed by atoms with E-state index >= 15 is 0 Å². The Morgan fingerprint density at radius 1 is 1.33 bits per heavy atom. The van der Waals surface area contributed by atoms with Crippen molar-refractivity contribution in [2.45, 2.75) is 24.9 Å². The SMILES string of the molecule is COC(=O)C1C(c2cccc(OC)c2)c2c([nH][nH]c2=O)CC1(C)O. The summed E-state index contributed by atoms with van der Waals surface area (Å²) in [5.41, 5.74) is 0.0837. The molecule has 1 aliphatic rings. The average molecular weight is 332 g/mol. The number of esters is 1. The van der Waals surface area contributed by atoms with Crippen molar-refractivity contribution in [2.24, 2.45) is 5.92 Å². The summed E-state index contributed by atoms with van der Waals surface area (Å²) < 4.78 is 10.2. The standard InChI is InChI=1S/C17H20N2O5/c1-17(22)8-11-13(15(20)19-18-11)12(14(17)16(21)24-3)9-5-4-6-10(7-9)23-2/h4-7,12,14,22H,8H2,1-3H3,(H2,18,19,20). The first-order chi connectivity index (χ1) is 11.4. The zero-order valence-electron chi connectivity index (χ0n) is 13.8. The van der Waals surface area contributed by atoms with E-state index in [-0.39, 0.29) is 12.0 Å². The Labute approximate surface area is 138 Å². The van der Waals surface area contributed by atoms with Crippen molar-refractivity contribution in [3.8, 4) is 5.75 Å². The molecule has 0 amide bonds. The normalized spacial score (nSPS) is 25.8. The fraction of sp³-hybridized carbons (Fsp3) is 0.412. The third kappa shape index (κ3) is 2.50. The molecule has 3 N–H and O–H groups in total. The molecule has 0 saturated heterocycles. The molecule has 1 aliphatic carbocycles. The maximum absolute atomic E-state index is 12.4. The summed E-state index contributed by atoms with van der Waals surface area (Å²) in [4.78, 5) is 24.7. The van der Waals surface area contributed by atoms with Gasteiger partial charge in [-0.25, -0.2) is 0 Å². The molecule has 1 aromatic heterocycles. The monoisotopic (exact) mass is 332 g/mol. The molecular formula is C17H20N2O5. The topological polar surface area (TPSA) is 104 Å². The summed E-state index contributed by atoms with van der Waals surface area (Å²) in [6.45, 7) is 1.58. The Hall–Kier alpha value is -2.54. The zero-order valence-corrected chi connectivity index (χ0v) is 13.8. The van der Waals surface area contributed by atoms with Crippen molar-refractivity contribution in [2.75, 3.05) is 14.2 Å². The molecule has 0 bridgehead atoms. The highest BCUT2D eigenvalue weighted by Gasteiger charge is 2.51. The van der Waals surface area contributed by atoms with Gasteiger partial charge >= 0.3 is 5.97 Å². The molecule has 0 radical (unpaired) electrons. The molecule has 24 heavy (non-hydrogen) atoms. The van der Waals surface area contributed by atoms with Crippen LogP contribution in [0.25, 0.3) is 0 Å². The van der Waals surface area contributed by atoms with E-state index in [4.69, 9.17) is 9.47 Å². The van der Waals surface area contributed by atoms with Gasteiger partial charge in [-0.3, -0.25) is 14.7 Å². The molecular weight excluding hydrogens is 312 g/mol. The maximum Gasteiger partial charge on any atom is 0.312 e. The highest BCUT2D eigenvalue weighted by atomic mass is 16.5. The molecule has 2 aromatic rings. The molecule has 1 heterocycles. The zero-order chi connectivity index (χ0) is 17.5. The van der Waals surface area contributed by atoms with Crippen LogP contribution in [0.2, 0.25) is 0 Å². The summed E-state index contributed by atoms with van der Waals surface area (Å²) in [5.74, 6) is -1.49. The number of methoxy groups -OCH3 is 2. The number of ether oxygens (including phenoxy) is 2. The fourth-order valence-corrected chi connectivity index (χ4v) is 3.58. The smallest absolute Gasteiger partial charge is 0.312 e. The Bertz CT molecular complexity index is 820. The lowest BCUT2D eigenvalue weighted by atomic mass is 9.66. The van der Waals surface area contributed by atoms with Gasteiger partial charge in [0.2, 0.25) is 0 Å². The van der Waals surface area contributed by atoms with E-state index in [1.165, 1.54) is 7.11 Å². The third-order valence-electron chi connectivity index (χ3n) is 4.65. The van der Waals surface area contributed by atoms with Crippen LogP contribution in [0.15, 0.2) is 29.1 Å². The van der Waals surface area contributed by atoms with Gasteiger partial charge in [0.1, 0.15) is 5.75 Å².